The lowest BCUT2D eigenvalue weighted by atomic mass is 10.0. The van der Waals surface area contributed by atoms with Crippen LogP contribution in [-0.2, 0) is 11.2 Å². The van der Waals surface area contributed by atoms with E-state index in [1.54, 1.807) is 24.3 Å². The van der Waals surface area contributed by atoms with Crippen molar-refractivity contribution < 1.29 is 4.79 Å². The minimum absolute atomic E-state index is 0.0201. The number of hydrogen-bond donors (Lipinski definition) is 1. The first kappa shape index (κ1) is 16.3. The molecule has 0 aromatic heterocycles. The van der Waals surface area contributed by atoms with Crippen molar-refractivity contribution in [1.29, 1.82) is 0 Å². The zero-order valence-electron chi connectivity index (χ0n) is 12.8. The van der Waals surface area contributed by atoms with Gasteiger partial charge in [-0.15, -0.1) is 0 Å². The summed E-state index contributed by atoms with van der Waals surface area (Å²) < 4.78 is 0. The molecule has 0 unspecified atom stereocenters. The molecule has 1 amide bonds. The van der Waals surface area contributed by atoms with Crippen LogP contribution >= 0.6 is 11.6 Å². The lowest BCUT2D eigenvalue weighted by Gasteiger charge is -2.13. The van der Waals surface area contributed by atoms with Crippen LogP contribution in [0.3, 0.4) is 0 Å². The highest BCUT2D eigenvalue weighted by Crippen LogP contribution is 2.14. The van der Waals surface area contributed by atoms with Gasteiger partial charge < -0.3 is 5.32 Å². The normalized spacial score (nSPS) is 12.3. The number of carbonyl (C=O) groups excluding carboxylic acids is 1. The second-order valence-electron chi connectivity index (χ2n) is 5.21. The lowest BCUT2D eigenvalue weighted by molar-refractivity contribution is -0.117. The van der Waals surface area contributed by atoms with E-state index < -0.39 is 0 Å². The Morgan fingerprint density at radius 2 is 1.77 bits per heavy atom. The molecule has 0 bridgehead atoms. The zero-order chi connectivity index (χ0) is 15.9. The highest BCUT2D eigenvalue weighted by Gasteiger charge is 2.07. The number of rotatable bonds is 5. The van der Waals surface area contributed by atoms with Gasteiger partial charge in [-0.05, 0) is 48.2 Å². The van der Waals surface area contributed by atoms with Gasteiger partial charge in [0, 0.05) is 11.1 Å². The molecule has 0 radical (unpaired) electrons. The van der Waals surface area contributed by atoms with E-state index in [2.05, 4.69) is 36.5 Å². The standard InChI is InChI=1S/C19H20ClNO/c1-3-15-4-9-17(10-5-15)14(2)21-19(22)13-8-16-6-11-18(20)12-7-16/h4-14H,3H2,1-2H3,(H,21,22)/b13-8+/t14-/m0/s1. The van der Waals surface area contributed by atoms with Crippen molar-refractivity contribution in [3.63, 3.8) is 0 Å². The van der Waals surface area contributed by atoms with Gasteiger partial charge in [0.15, 0.2) is 0 Å². The molecular formula is C19H20ClNO. The Kier molecular flexibility index (Phi) is 5.79. The SMILES string of the molecule is CCc1ccc([C@H](C)NC(=O)/C=C/c2ccc(Cl)cc2)cc1. The van der Waals surface area contributed by atoms with Crippen molar-refractivity contribution in [3.05, 3.63) is 76.3 Å². The van der Waals surface area contributed by atoms with Crippen molar-refractivity contribution >= 4 is 23.6 Å². The molecule has 0 spiro atoms. The van der Waals surface area contributed by atoms with E-state index in [4.69, 9.17) is 11.6 Å². The molecule has 3 heteroatoms. The third-order valence-corrected chi connectivity index (χ3v) is 3.80. The number of carbonyl (C=O) groups is 1. The molecule has 0 aliphatic heterocycles. The summed E-state index contributed by atoms with van der Waals surface area (Å²) in [5, 5.41) is 3.65. The van der Waals surface area contributed by atoms with Gasteiger partial charge >= 0.3 is 0 Å². The van der Waals surface area contributed by atoms with Crippen LogP contribution in [0.5, 0.6) is 0 Å². The van der Waals surface area contributed by atoms with Crippen LogP contribution in [0.25, 0.3) is 6.08 Å². The number of aryl methyl sites for hydroxylation is 1. The van der Waals surface area contributed by atoms with Gasteiger partial charge in [-0.25, -0.2) is 0 Å². The first-order valence-electron chi connectivity index (χ1n) is 7.41. The second kappa shape index (κ2) is 7.81. The van der Waals surface area contributed by atoms with Crippen molar-refractivity contribution in [2.75, 3.05) is 0 Å². The molecule has 2 aromatic rings. The van der Waals surface area contributed by atoms with Crippen molar-refractivity contribution in [1.82, 2.24) is 5.32 Å². The number of hydrogen-bond acceptors (Lipinski definition) is 1. The fourth-order valence-electron chi connectivity index (χ4n) is 2.13. The molecule has 22 heavy (non-hydrogen) atoms. The van der Waals surface area contributed by atoms with Gasteiger partial charge in [0.2, 0.25) is 5.91 Å². The third-order valence-electron chi connectivity index (χ3n) is 3.54. The molecule has 0 aliphatic rings. The van der Waals surface area contributed by atoms with Crippen LogP contribution in [0.15, 0.2) is 54.6 Å². The first-order chi connectivity index (χ1) is 10.6. The maximum Gasteiger partial charge on any atom is 0.244 e. The number of nitrogens with one attached hydrogen (secondary N) is 1. The van der Waals surface area contributed by atoms with Gasteiger partial charge in [-0.2, -0.15) is 0 Å². The van der Waals surface area contributed by atoms with Crippen molar-refractivity contribution in [2.24, 2.45) is 0 Å². The van der Waals surface area contributed by atoms with E-state index >= 15 is 0 Å². The topological polar surface area (TPSA) is 29.1 Å². The summed E-state index contributed by atoms with van der Waals surface area (Å²) in [6.45, 7) is 4.11. The molecule has 0 aliphatic carbocycles. The highest BCUT2D eigenvalue weighted by molar-refractivity contribution is 6.30. The summed E-state index contributed by atoms with van der Waals surface area (Å²) in [5.41, 5.74) is 3.34. The van der Waals surface area contributed by atoms with Crippen molar-refractivity contribution in [2.45, 2.75) is 26.3 Å². The van der Waals surface area contributed by atoms with Gasteiger partial charge in [0.25, 0.3) is 0 Å². The Balaban J connectivity index is 1.94. The summed E-state index contributed by atoms with van der Waals surface area (Å²) in [4.78, 5) is 12.0. The predicted octanol–water partition coefficient (Wildman–Crippen LogP) is 4.79. The van der Waals surface area contributed by atoms with Crippen LogP contribution in [-0.4, -0.2) is 5.91 Å². The zero-order valence-corrected chi connectivity index (χ0v) is 13.6. The third kappa shape index (κ3) is 4.74. The van der Waals surface area contributed by atoms with Crippen molar-refractivity contribution in [3.8, 4) is 0 Å². The van der Waals surface area contributed by atoms with Crippen LogP contribution in [0.1, 0.15) is 36.6 Å². The molecule has 0 heterocycles. The summed E-state index contributed by atoms with van der Waals surface area (Å²) in [6, 6.07) is 15.7. The Labute approximate surface area is 136 Å². The summed E-state index contributed by atoms with van der Waals surface area (Å²) >= 11 is 5.83. The van der Waals surface area contributed by atoms with E-state index in [-0.39, 0.29) is 11.9 Å². The lowest BCUT2D eigenvalue weighted by Crippen LogP contribution is -2.24. The number of amides is 1. The fraction of sp³-hybridized carbons (Fsp3) is 0.211. The highest BCUT2D eigenvalue weighted by atomic mass is 35.5. The van der Waals surface area contributed by atoms with Crippen LogP contribution in [0.2, 0.25) is 5.02 Å². The van der Waals surface area contributed by atoms with E-state index in [9.17, 15) is 4.79 Å². The van der Waals surface area contributed by atoms with Crippen LogP contribution in [0, 0.1) is 0 Å². The maximum absolute atomic E-state index is 12.0. The average Bonchev–Trinajstić information content (AvgIpc) is 2.54. The second-order valence-corrected chi connectivity index (χ2v) is 5.65. The molecule has 2 rings (SSSR count). The fourth-order valence-corrected chi connectivity index (χ4v) is 2.26. The summed E-state index contributed by atoms with van der Waals surface area (Å²) in [6.07, 6.45) is 4.34. The van der Waals surface area contributed by atoms with Gasteiger partial charge in [-0.1, -0.05) is 54.9 Å². The van der Waals surface area contributed by atoms with E-state index in [1.807, 2.05) is 19.1 Å². The Morgan fingerprint density at radius 1 is 1.14 bits per heavy atom. The first-order valence-corrected chi connectivity index (χ1v) is 7.79. The van der Waals surface area contributed by atoms with E-state index in [0.29, 0.717) is 5.02 Å². The van der Waals surface area contributed by atoms with E-state index in [1.165, 1.54) is 5.56 Å². The summed E-state index contributed by atoms with van der Waals surface area (Å²) in [5.74, 6) is -0.109. The van der Waals surface area contributed by atoms with Gasteiger partial charge in [-0.3, -0.25) is 4.79 Å². The predicted molar refractivity (Wildman–Crippen MR) is 92.9 cm³/mol. The Hall–Kier alpha value is -2.06. The molecule has 0 saturated carbocycles. The Morgan fingerprint density at radius 3 is 2.36 bits per heavy atom. The van der Waals surface area contributed by atoms with Gasteiger partial charge in [0.05, 0.1) is 6.04 Å². The van der Waals surface area contributed by atoms with Crippen LogP contribution < -0.4 is 5.32 Å². The summed E-state index contributed by atoms with van der Waals surface area (Å²) in [7, 11) is 0. The van der Waals surface area contributed by atoms with E-state index in [0.717, 1.165) is 17.5 Å². The quantitative estimate of drug-likeness (QED) is 0.790. The maximum atomic E-state index is 12.0. The largest absolute Gasteiger partial charge is 0.346 e. The minimum atomic E-state index is -0.109. The minimum Gasteiger partial charge on any atom is -0.346 e. The molecule has 0 fully saturated rings. The molecule has 2 nitrogen and oxygen atoms in total. The Bertz CT molecular complexity index is 644. The molecule has 1 atom stereocenters. The number of benzene rings is 2. The molecular weight excluding hydrogens is 294 g/mol. The smallest absolute Gasteiger partial charge is 0.244 e. The van der Waals surface area contributed by atoms with Crippen LogP contribution in [0.4, 0.5) is 0 Å². The number of halogens is 1. The monoisotopic (exact) mass is 313 g/mol. The molecule has 1 N–H and O–H groups in total. The molecule has 0 saturated heterocycles. The molecule has 2 aromatic carbocycles. The van der Waals surface area contributed by atoms with Gasteiger partial charge in [0.1, 0.15) is 0 Å². The molecule has 114 valence electrons. The average molecular weight is 314 g/mol.